The maximum absolute atomic E-state index is 13.4. The number of carbonyl (C=O) groups excluding carboxylic acids is 6. The van der Waals surface area contributed by atoms with Crippen LogP contribution in [0.25, 0.3) is 0 Å². The van der Waals surface area contributed by atoms with Crippen LogP contribution in [0.4, 0.5) is 51.7 Å². The van der Waals surface area contributed by atoms with Crippen molar-refractivity contribution in [2.75, 3.05) is 147 Å². The minimum absolute atomic E-state index is 0.0176. The Bertz CT molecular complexity index is 5030. The Morgan fingerprint density at radius 3 is 0.835 bits per heavy atom. The Hall–Kier alpha value is -5.98. The van der Waals surface area contributed by atoms with Crippen LogP contribution in [0.3, 0.4) is 0 Å². The van der Waals surface area contributed by atoms with E-state index in [4.69, 9.17) is 69.6 Å². The SMILES string of the molecule is CCS(=O)(=O)N1CCC[C@H](C(=O)Nc2ccc(Cl)c(F)c2)C1.CS(=O)(=O)N1CCCC(C(=O)Nc2ccc(Cl)c(Cl)c2)C1.CS(=O)(=O)N1CCCC(C(=O)Nc2ccc(F)c(Cl)c2)C1.CS(=O)(=O)N1CCC[C@H](C(=O)Nc2ccc(Br)c(Cl)c2)C1.CS(=O)(=O)N1CCC[C@H](C(=O)Nc2ccc(Cl)c(Br)c2)C1.CS(=O)(=O)N1CCC[C@H](C(=O)Nc2ccc(F)c(F)c2)C1. The van der Waals surface area contributed by atoms with E-state index in [0.29, 0.717) is 169 Å². The van der Waals surface area contributed by atoms with Crippen LogP contribution in [-0.2, 0) is 88.9 Å². The van der Waals surface area contributed by atoms with Crippen LogP contribution in [0.5, 0.6) is 0 Å². The van der Waals surface area contributed by atoms with Crippen LogP contribution in [0.15, 0.2) is 118 Å². The van der Waals surface area contributed by atoms with E-state index in [9.17, 15) is 96.8 Å². The molecule has 30 nitrogen and oxygen atoms in total. The Kier molecular flexibility index (Phi) is 41.4. The molecule has 0 spiro atoms. The fraction of sp³-hybridized carbons (Fsp3) is 0.468. The largest absolute Gasteiger partial charge is 0.326 e. The van der Waals surface area contributed by atoms with E-state index in [0.717, 1.165) is 41.4 Å². The summed E-state index contributed by atoms with van der Waals surface area (Å²) in [5.41, 5.74) is 2.63. The zero-order chi connectivity index (χ0) is 94.4. The van der Waals surface area contributed by atoms with Crippen molar-refractivity contribution in [1.29, 1.82) is 0 Å². The van der Waals surface area contributed by atoms with Gasteiger partial charge in [0.2, 0.25) is 95.6 Å². The average Bonchev–Trinajstić information content (AvgIpc) is 0.845. The van der Waals surface area contributed by atoms with Crippen LogP contribution >= 0.6 is 101 Å². The topological polar surface area (TPSA) is 399 Å². The molecule has 6 fully saturated rings. The lowest BCUT2D eigenvalue weighted by molar-refractivity contribution is -0.121. The van der Waals surface area contributed by atoms with Gasteiger partial charge in [0, 0.05) is 128 Å². The maximum Gasteiger partial charge on any atom is 0.228 e. The fourth-order valence-electron chi connectivity index (χ4n) is 13.8. The molecule has 0 bridgehead atoms. The molecule has 0 aromatic heterocycles. The summed E-state index contributed by atoms with van der Waals surface area (Å²) in [5, 5.41) is 17.8. The first kappa shape index (κ1) is 108. The highest BCUT2D eigenvalue weighted by Gasteiger charge is 2.37. The smallest absolute Gasteiger partial charge is 0.228 e. The van der Waals surface area contributed by atoms with Gasteiger partial charge in [0.15, 0.2) is 11.6 Å². The van der Waals surface area contributed by atoms with Crippen LogP contribution in [0.2, 0.25) is 30.1 Å². The van der Waals surface area contributed by atoms with E-state index in [1.807, 2.05) is 0 Å². The van der Waals surface area contributed by atoms with Gasteiger partial charge in [-0.25, -0.2) is 93.9 Å². The van der Waals surface area contributed by atoms with Crippen molar-refractivity contribution >= 4 is 231 Å². The van der Waals surface area contributed by atoms with E-state index in [1.54, 1.807) is 61.5 Å². The summed E-state index contributed by atoms with van der Waals surface area (Å²) < 4.78 is 201. The number of carbonyl (C=O) groups is 6. The molecule has 12 rings (SSSR count). The van der Waals surface area contributed by atoms with E-state index >= 15 is 0 Å². The maximum atomic E-state index is 13.4. The average molecular weight is 2140 g/mol. The van der Waals surface area contributed by atoms with Gasteiger partial charge < -0.3 is 31.9 Å². The molecule has 2 unspecified atom stereocenters. The summed E-state index contributed by atoms with van der Waals surface area (Å²) in [7, 11) is -19.7. The number of nitrogens with zero attached hydrogens (tertiary/aromatic N) is 6. The van der Waals surface area contributed by atoms with Crippen LogP contribution in [0, 0.1) is 58.8 Å². The number of rotatable bonds is 19. The highest BCUT2D eigenvalue weighted by Crippen LogP contribution is 2.33. The van der Waals surface area contributed by atoms with Crippen molar-refractivity contribution in [1.82, 2.24) is 25.8 Å². The normalized spacial score (nSPS) is 20.2. The Balaban J connectivity index is 0.000000209. The van der Waals surface area contributed by atoms with Crippen LogP contribution in [0.1, 0.15) is 84.0 Å². The molecule has 6 aliphatic rings. The number of piperidine rings is 6. The third kappa shape index (κ3) is 34.8. The number of halogens is 12. The second kappa shape index (κ2) is 48.6. The number of hydrogen-bond donors (Lipinski definition) is 6. The highest BCUT2D eigenvalue weighted by molar-refractivity contribution is 9.11. The highest BCUT2D eigenvalue weighted by atomic mass is 79.9. The molecule has 6 amide bonds. The predicted octanol–water partition coefficient (Wildman–Crippen LogP) is 14.2. The monoisotopic (exact) mass is 2140 g/mol. The van der Waals surface area contributed by atoms with Gasteiger partial charge in [-0.3, -0.25) is 28.8 Å². The third-order valence-electron chi connectivity index (χ3n) is 20.8. The molecule has 702 valence electrons. The molecule has 6 aromatic carbocycles. The molecular formula is C79H98Br2Cl6F4N12O18S6. The van der Waals surface area contributed by atoms with Gasteiger partial charge in [-0.15, -0.1) is 0 Å². The molecule has 48 heteroatoms. The molecule has 6 atom stereocenters. The standard InChI is InChI=1S/C14H18ClFN2O3S.2C13H16BrClN2O3S.C13H16Cl2N2O3S.C13H16ClFN2O3S.C13H16F2N2O3S/c1-2-22(20,21)18-7-3-4-10(9-18)14(19)17-11-5-6-12(15)13(16)8-11;1-21(19,20)17-6-2-3-9(8-17)13(18)16-10-4-5-12(15)11(14)7-10;2*1-21(19,20)17-6-2-3-9(8-17)13(18)16-10-4-5-11(14)12(15)7-10;1-21(19,20)17-6-2-3-9(8-17)13(18)16-10-4-5-12(15)11(14)7-10;1-21(19,20)17-6-2-3-9(8-17)13(18)16-10-4-5-11(14)12(15)7-10/h5-6,8,10H,2-4,7,9H2,1H3,(H,17,19);5*4-5,7,9H,2-3,6,8H2,1H3,(H,16,18)/t10-;2*9-;;;9-/m000..0/s1. The van der Waals surface area contributed by atoms with E-state index in [1.165, 1.54) is 74.7 Å². The van der Waals surface area contributed by atoms with Crippen molar-refractivity contribution in [3.63, 3.8) is 0 Å². The zero-order valence-electron chi connectivity index (χ0n) is 69.6. The minimum Gasteiger partial charge on any atom is -0.326 e. The van der Waals surface area contributed by atoms with E-state index in [2.05, 4.69) is 63.8 Å². The number of amides is 6. The lowest BCUT2D eigenvalue weighted by atomic mass is 9.98. The number of nitrogens with one attached hydrogen (secondary N) is 6. The predicted molar refractivity (Wildman–Crippen MR) is 495 cm³/mol. The Morgan fingerprint density at radius 2 is 0.551 bits per heavy atom. The van der Waals surface area contributed by atoms with Crippen LogP contribution < -0.4 is 31.9 Å². The molecule has 0 aliphatic carbocycles. The van der Waals surface area contributed by atoms with Crippen LogP contribution in [-0.4, -0.2) is 227 Å². The Labute approximate surface area is 785 Å². The molecular weight excluding hydrogens is 2050 g/mol. The fourth-order valence-corrected chi connectivity index (χ4v) is 21.0. The second-order valence-electron chi connectivity index (χ2n) is 30.6. The second-order valence-corrected chi connectivity index (χ2v) is 46.9. The van der Waals surface area contributed by atoms with Crippen molar-refractivity contribution < 1.29 is 96.8 Å². The summed E-state index contributed by atoms with van der Waals surface area (Å²) in [6.07, 6.45) is 13.5. The lowest BCUT2D eigenvalue weighted by Gasteiger charge is -2.30. The van der Waals surface area contributed by atoms with Crippen molar-refractivity contribution in [2.24, 2.45) is 35.5 Å². The molecule has 6 heterocycles. The summed E-state index contributed by atoms with van der Waals surface area (Å²) in [6, 6.07) is 26.1. The summed E-state index contributed by atoms with van der Waals surface area (Å²) in [5.74, 6) is -7.12. The van der Waals surface area contributed by atoms with Gasteiger partial charge >= 0.3 is 0 Å². The van der Waals surface area contributed by atoms with Crippen molar-refractivity contribution in [3.05, 3.63) is 172 Å². The van der Waals surface area contributed by atoms with E-state index < -0.39 is 107 Å². The molecule has 6 N–H and O–H groups in total. The summed E-state index contributed by atoms with van der Waals surface area (Å²) in [6.45, 7) is 5.40. The quantitative estimate of drug-likeness (QED) is 0.0410. The van der Waals surface area contributed by atoms with Gasteiger partial charge in [0.1, 0.15) is 11.6 Å². The summed E-state index contributed by atoms with van der Waals surface area (Å²) >= 11 is 41.4. The lowest BCUT2D eigenvalue weighted by Crippen LogP contribution is -2.44. The molecule has 127 heavy (non-hydrogen) atoms. The number of anilines is 6. The number of hydrogen-bond acceptors (Lipinski definition) is 18. The molecule has 0 radical (unpaired) electrons. The summed E-state index contributed by atoms with van der Waals surface area (Å²) in [4.78, 5) is 73.2. The van der Waals surface area contributed by atoms with Crippen molar-refractivity contribution in [2.45, 2.75) is 84.0 Å². The van der Waals surface area contributed by atoms with Gasteiger partial charge in [-0.05, 0) is 219 Å². The number of benzene rings is 6. The zero-order valence-corrected chi connectivity index (χ0v) is 82.2. The van der Waals surface area contributed by atoms with Crippen molar-refractivity contribution in [3.8, 4) is 0 Å². The first-order valence-corrected chi connectivity index (χ1v) is 54.2. The molecule has 6 aromatic rings. The van der Waals surface area contributed by atoms with Gasteiger partial charge in [0.25, 0.3) is 0 Å². The molecule has 6 saturated heterocycles. The van der Waals surface area contributed by atoms with Gasteiger partial charge in [0.05, 0.1) is 103 Å². The first-order valence-electron chi connectivity index (χ1n) is 39.5. The van der Waals surface area contributed by atoms with Gasteiger partial charge in [-0.1, -0.05) is 69.6 Å². The third-order valence-corrected chi connectivity index (χ3v) is 32.7. The molecule has 0 saturated carbocycles. The van der Waals surface area contributed by atoms with E-state index in [-0.39, 0.29) is 108 Å². The first-order chi connectivity index (χ1) is 59.2. The number of sulfonamides is 6. The minimum atomic E-state index is -3.33. The Morgan fingerprint density at radius 1 is 0.299 bits per heavy atom. The van der Waals surface area contributed by atoms with Gasteiger partial charge in [-0.2, -0.15) is 0 Å². The molecule has 6 aliphatic heterocycles.